The number of benzene rings is 2. The number of carbonyl (C=O) groups is 1. The van der Waals surface area contributed by atoms with Crippen LogP contribution < -0.4 is 5.32 Å². The molecule has 0 aliphatic carbocycles. The molecule has 3 rings (SSSR count). The number of hydrogen-bond donors (Lipinski definition) is 1. The van der Waals surface area contributed by atoms with E-state index in [-0.39, 0.29) is 23.7 Å². The predicted molar refractivity (Wildman–Crippen MR) is 78.3 cm³/mol. The highest BCUT2D eigenvalue weighted by atomic mass is 32.1. The summed E-state index contributed by atoms with van der Waals surface area (Å²) in [7, 11) is 0. The van der Waals surface area contributed by atoms with Crippen molar-refractivity contribution in [3.63, 3.8) is 0 Å². The Balaban J connectivity index is 1.74. The number of para-hydroxylation sites is 1. The van der Waals surface area contributed by atoms with E-state index in [1.807, 2.05) is 0 Å². The number of amides is 1. The third-order valence-corrected chi connectivity index (χ3v) is 3.83. The highest BCUT2D eigenvalue weighted by molar-refractivity contribution is 7.22. The zero-order chi connectivity index (χ0) is 14.8. The number of rotatable bonds is 3. The Morgan fingerprint density at radius 3 is 2.62 bits per heavy atom. The lowest BCUT2D eigenvalue weighted by molar-refractivity contribution is -0.115. The van der Waals surface area contributed by atoms with Gasteiger partial charge in [0.1, 0.15) is 17.2 Å². The van der Waals surface area contributed by atoms with Gasteiger partial charge in [-0.1, -0.05) is 29.5 Å². The Labute approximate surface area is 123 Å². The predicted octanol–water partition coefficient (Wildman–Crippen LogP) is 3.76. The van der Waals surface area contributed by atoms with Crippen molar-refractivity contribution in [1.82, 2.24) is 4.98 Å². The molecule has 0 unspecified atom stereocenters. The highest BCUT2D eigenvalue weighted by Crippen LogP contribution is 2.27. The maximum Gasteiger partial charge on any atom is 0.230 e. The van der Waals surface area contributed by atoms with Crippen molar-refractivity contribution in [3.05, 3.63) is 59.7 Å². The van der Waals surface area contributed by atoms with Gasteiger partial charge >= 0.3 is 0 Å². The van der Waals surface area contributed by atoms with Gasteiger partial charge in [-0.05, 0) is 29.8 Å². The second-order valence-electron chi connectivity index (χ2n) is 4.46. The molecule has 3 nitrogen and oxygen atoms in total. The summed E-state index contributed by atoms with van der Waals surface area (Å²) >= 11 is 1.21. The summed E-state index contributed by atoms with van der Waals surface area (Å²) in [5, 5.41) is 2.98. The fraction of sp³-hybridized carbons (Fsp3) is 0.0667. The van der Waals surface area contributed by atoms with Crippen molar-refractivity contribution in [2.75, 3.05) is 5.32 Å². The van der Waals surface area contributed by atoms with Crippen LogP contribution in [0.15, 0.2) is 42.5 Å². The van der Waals surface area contributed by atoms with Gasteiger partial charge in [0, 0.05) is 0 Å². The third kappa shape index (κ3) is 3.05. The Kier molecular flexibility index (Phi) is 3.62. The van der Waals surface area contributed by atoms with E-state index in [0.29, 0.717) is 15.4 Å². The van der Waals surface area contributed by atoms with Crippen LogP contribution in [0.3, 0.4) is 0 Å². The number of anilines is 1. The Bertz CT molecular complexity index is 799. The number of hydrogen-bond acceptors (Lipinski definition) is 3. The van der Waals surface area contributed by atoms with Crippen LogP contribution in [0, 0.1) is 11.6 Å². The van der Waals surface area contributed by atoms with E-state index in [4.69, 9.17) is 0 Å². The van der Waals surface area contributed by atoms with Crippen LogP contribution in [0.1, 0.15) is 5.56 Å². The summed E-state index contributed by atoms with van der Waals surface area (Å²) in [6, 6.07) is 10.4. The number of halogens is 2. The molecule has 0 fully saturated rings. The first-order chi connectivity index (χ1) is 10.1. The molecule has 0 saturated heterocycles. The Morgan fingerprint density at radius 1 is 1.14 bits per heavy atom. The van der Waals surface area contributed by atoms with E-state index in [1.54, 1.807) is 24.3 Å². The maximum absolute atomic E-state index is 13.5. The van der Waals surface area contributed by atoms with Gasteiger partial charge in [0.25, 0.3) is 0 Å². The number of nitrogens with zero attached hydrogens (tertiary/aromatic N) is 1. The lowest BCUT2D eigenvalue weighted by atomic mass is 10.1. The smallest absolute Gasteiger partial charge is 0.230 e. The van der Waals surface area contributed by atoms with E-state index in [0.717, 1.165) is 0 Å². The quantitative estimate of drug-likeness (QED) is 0.800. The average molecular weight is 304 g/mol. The minimum atomic E-state index is -0.414. The molecule has 0 saturated carbocycles. The van der Waals surface area contributed by atoms with E-state index >= 15 is 0 Å². The van der Waals surface area contributed by atoms with Crippen LogP contribution in [-0.4, -0.2) is 10.9 Å². The molecule has 0 aliphatic rings. The van der Waals surface area contributed by atoms with E-state index < -0.39 is 5.82 Å². The van der Waals surface area contributed by atoms with Crippen molar-refractivity contribution in [1.29, 1.82) is 0 Å². The summed E-state index contributed by atoms with van der Waals surface area (Å²) in [6.45, 7) is 0. The molecule has 1 N–H and O–H groups in total. The number of carbonyl (C=O) groups excluding carboxylic acids is 1. The van der Waals surface area contributed by atoms with Crippen molar-refractivity contribution in [2.45, 2.75) is 6.42 Å². The summed E-state index contributed by atoms with van der Waals surface area (Å²) in [5.41, 5.74) is 0.945. The molecule has 0 atom stereocenters. The average Bonchev–Trinajstić information content (AvgIpc) is 2.85. The number of thiazole rings is 1. The molecule has 1 heterocycles. The van der Waals surface area contributed by atoms with Crippen LogP contribution >= 0.6 is 11.3 Å². The van der Waals surface area contributed by atoms with E-state index in [9.17, 15) is 13.6 Å². The molecule has 0 radical (unpaired) electrons. The first-order valence-corrected chi connectivity index (χ1v) is 7.03. The van der Waals surface area contributed by atoms with Crippen LogP contribution in [0.5, 0.6) is 0 Å². The van der Waals surface area contributed by atoms with Crippen molar-refractivity contribution in [3.8, 4) is 0 Å². The lowest BCUT2D eigenvalue weighted by Gasteiger charge is -2.01. The van der Waals surface area contributed by atoms with Gasteiger partial charge in [0.05, 0.1) is 11.1 Å². The fourth-order valence-electron chi connectivity index (χ4n) is 1.92. The topological polar surface area (TPSA) is 42.0 Å². The number of aromatic nitrogens is 1. The van der Waals surface area contributed by atoms with Gasteiger partial charge in [-0.25, -0.2) is 13.8 Å². The molecule has 2 aromatic carbocycles. The van der Waals surface area contributed by atoms with Gasteiger partial charge in [0.2, 0.25) is 5.91 Å². The molecule has 1 amide bonds. The first-order valence-electron chi connectivity index (χ1n) is 6.21. The number of nitrogens with one attached hydrogen (secondary N) is 1. The second kappa shape index (κ2) is 5.57. The van der Waals surface area contributed by atoms with Crippen molar-refractivity contribution >= 4 is 32.6 Å². The zero-order valence-electron chi connectivity index (χ0n) is 10.8. The largest absolute Gasteiger partial charge is 0.302 e. The van der Waals surface area contributed by atoms with Crippen LogP contribution in [0.4, 0.5) is 13.9 Å². The minimum Gasteiger partial charge on any atom is -0.302 e. The van der Waals surface area contributed by atoms with Crippen LogP contribution in [0.2, 0.25) is 0 Å². The normalized spacial score (nSPS) is 10.8. The molecule has 6 heteroatoms. The van der Waals surface area contributed by atoms with Crippen LogP contribution in [0.25, 0.3) is 10.2 Å². The maximum atomic E-state index is 13.5. The third-order valence-electron chi connectivity index (χ3n) is 2.89. The summed E-state index contributed by atoms with van der Waals surface area (Å²) in [5.74, 6) is -1.04. The molecular formula is C15H10F2N2OS. The van der Waals surface area contributed by atoms with Crippen molar-refractivity contribution in [2.24, 2.45) is 0 Å². The monoisotopic (exact) mass is 304 g/mol. The molecule has 0 aliphatic heterocycles. The molecular weight excluding hydrogens is 294 g/mol. The minimum absolute atomic E-state index is 0.110. The van der Waals surface area contributed by atoms with E-state index in [1.165, 1.54) is 29.5 Å². The molecule has 1 aromatic heterocycles. The van der Waals surface area contributed by atoms with Gasteiger partial charge < -0.3 is 5.32 Å². The summed E-state index contributed by atoms with van der Waals surface area (Å²) in [6.07, 6.45) is 0.110. The molecule has 0 bridgehead atoms. The van der Waals surface area contributed by atoms with Gasteiger partial charge in [-0.15, -0.1) is 0 Å². The second-order valence-corrected chi connectivity index (χ2v) is 5.49. The Hall–Kier alpha value is -2.34. The molecule has 3 aromatic rings. The standard InChI is InChI=1S/C15H10F2N2OS/c16-10-6-4-9(5-7-10)8-13(20)18-15-19-14-11(17)2-1-3-12(14)21-15/h1-7H,8H2,(H,18,19,20). The van der Waals surface area contributed by atoms with E-state index in [2.05, 4.69) is 10.3 Å². The summed E-state index contributed by atoms with van der Waals surface area (Å²) < 4.78 is 27.0. The first kappa shape index (κ1) is 13.6. The molecule has 106 valence electrons. The van der Waals surface area contributed by atoms with Crippen LogP contribution in [-0.2, 0) is 11.2 Å². The van der Waals surface area contributed by atoms with Crippen molar-refractivity contribution < 1.29 is 13.6 Å². The summed E-state index contributed by atoms with van der Waals surface area (Å²) in [4.78, 5) is 16.0. The van der Waals surface area contributed by atoms with Gasteiger partial charge in [-0.3, -0.25) is 4.79 Å². The number of fused-ring (bicyclic) bond motifs is 1. The fourth-order valence-corrected chi connectivity index (χ4v) is 2.82. The van der Waals surface area contributed by atoms with Gasteiger partial charge in [-0.2, -0.15) is 0 Å². The lowest BCUT2D eigenvalue weighted by Crippen LogP contribution is -2.14. The Morgan fingerprint density at radius 2 is 1.90 bits per heavy atom. The van der Waals surface area contributed by atoms with Gasteiger partial charge in [0.15, 0.2) is 5.13 Å². The highest BCUT2D eigenvalue weighted by Gasteiger charge is 2.11. The molecule has 0 spiro atoms. The molecule has 21 heavy (non-hydrogen) atoms. The zero-order valence-corrected chi connectivity index (χ0v) is 11.6. The SMILES string of the molecule is O=C(Cc1ccc(F)cc1)Nc1nc2c(F)cccc2s1.